The van der Waals surface area contributed by atoms with Crippen molar-refractivity contribution in [1.29, 1.82) is 0 Å². The van der Waals surface area contributed by atoms with Crippen LogP contribution < -0.4 is 0 Å². The molecule has 0 radical (unpaired) electrons. The largest absolute Gasteiger partial charge is 0.336 e. The van der Waals surface area contributed by atoms with Gasteiger partial charge < -0.3 is 4.90 Å². The predicted molar refractivity (Wildman–Crippen MR) is 153 cm³/mol. The lowest BCUT2D eigenvalue weighted by atomic mass is 10.1. The quantitative estimate of drug-likeness (QED) is 0.371. The van der Waals surface area contributed by atoms with Crippen molar-refractivity contribution >= 4 is 50.7 Å². The number of carbonyl (C=O) groups is 1. The van der Waals surface area contributed by atoms with Crippen LogP contribution in [0, 0.1) is 0 Å². The van der Waals surface area contributed by atoms with Gasteiger partial charge in [-0.15, -0.1) is 12.4 Å². The average Bonchev–Trinajstić information content (AvgIpc) is 2.86. The van der Waals surface area contributed by atoms with Gasteiger partial charge in [0.25, 0.3) is 5.91 Å². The summed E-state index contributed by atoms with van der Waals surface area (Å²) in [6, 6.07) is 19.1. The maximum absolute atomic E-state index is 13.3. The third-order valence-corrected chi connectivity index (χ3v) is 8.96. The molecule has 0 unspecified atom stereocenters. The Morgan fingerprint density at radius 1 is 0.865 bits per heavy atom. The van der Waals surface area contributed by atoms with Crippen molar-refractivity contribution in [1.82, 2.24) is 14.1 Å². The van der Waals surface area contributed by atoms with Crippen molar-refractivity contribution in [3.8, 4) is 0 Å². The van der Waals surface area contributed by atoms with Gasteiger partial charge in [-0.05, 0) is 80.4 Å². The van der Waals surface area contributed by atoms with Crippen LogP contribution in [-0.2, 0) is 16.6 Å². The molecule has 0 bridgehead atoms. The summed E-state index contributed by atoms with van der Waals surface area (Å²) in [6.07, 6.45) is 0. The lowest BCUT2D eigenvalue weighted by Gasteiger charge is -2.34. The second-order valence-corrected chi connectivity index (χ2v) is 12.3. The summed E-state index contributed by atoms with van der Waals surface area (Å²) in [6.45, 7) is 10.8. The minimum Gasteiger partial charge on any atom is -0.336 e. The van der Waals surface area contributed by atoms with Crippen LogP contribution in [0.5, 0.6) is 0 Å². The smallest absolute Gasteiger partial charge is 0.253 e. The molecule has 1 heterocycles. The molecule has 1 saturated heterocycles. The zero-order chi connectivity index (χ0) is 26.0. The summed E-state index contributed by atoms with van der Waals surface area (Å²) in [5.41, 5.74) is 1.80. The van der Waals surface area contributed by atoms with Gasteiger partial charge >= 0.3 is 0 Å². The van der Waals surface area contributed by atoms with E-state index < -0.39 is 10.0 Å². The van der Waals surface area contributed by atoms with Crippen LogP contribution in [0.1, 0.15) is 43.6 Å². The molecule has 37 heavy (non-hydrogen) atoms. The Balaban J connectivity index is 0.00000380. The summed E-state index contributed by atoms with van der Waals surface area (Å²) in [5.74, 6) is -0.0641. The molecular weight excluding hydrogens is 529 g/mol. The fourth-order valence-corrected chi connectivity index (χ4v) is 6.38. The third-order valence-electron chi connectivity index (χ3n) is 6.83. The molecular formula is C28H35Cl2N3O3S. The number of rotatable bonds is 7. The maximum atomic E-state index is 13.3. The third kappa shape index (κ3) is 6.65. The minimum absolute atomic E-state index is 0. The Bertz CT molecular complexity index is 1330. The van der Waals surface area contributed by atoms with Crippen molar-refractivity contribution < 1.29 is 13.2 Å². The van der Waals surface area contributed by atoms with Crippen molar-refractivity contribution in [2.45, 2.75) is 51.2 Å². The minimum atomic E-state index is -3.65. The number of halogens is 2. The van der Waals surface area contributed by atoms with Crippen LogP contribution >= 0.6 is 24.0 Å². The van der Waals surface area contributed by atoms with E-state index in [4.69, 9.17) is 11.6 Å². The van der Waals surface area contributed by atoms with Crippen LogP contribution in [0.25, 0.3) is 10.8 Å². The number of piperazine rings is 1. The van der Waals surface area contributed by atoms with E-state index in [0.717, 1.165) is 17.3 Å². The first-order chi connectivity index (χ1) is 17.1. The first-order valence-corrected chi connectivity index (χ1v) is 14.2. The average molecular weight is 565 g/mol. The highest BCUT2D eigenvalue weighted by molar-refractivity contribution is 7.89. The van der Waals surface area contributed by atoms with Gasteiger partial charge in [-0.2, -0.15) is 4.31 Å². The molecule has 4 rings (SSSR count). The molecule has 0 spiro atoms. The highest BCUT2D eigenvalue weighted by atomic mass is 35.5. The van der Waals surface area contributed by atoms with E-state index in [1.54, 1.807) is 29.2 Å². The van der Waals surface area contributed by atoms with E-state index in [2.05, 4.69) is 32.6 Å². The van der Waals surface area contributed by atoms with Gasteiger partial charge in [0.05, 0.1) is 4.90 Å². The fraction of sp³-hybridized carbons (Fsp3) is 0.393. The maximum Gasteiger partial charge on any atom is 0.253 e. The van der Waals surface area contributed by atoms with Gasteiger partial charge in [0.15, 0.2) is 0 Å². The molecule has 0 aromatic heterocycles. The van der Waals surface area contributed by atoms with Crippen molar-refractivity contribution in [2.24, 2.45) is 0 Å². The lowest BCUT2D eigenvalue weighted by Crippen LogP contribution is -2.50. The fourth-order valence-electron chi connectivity index (χ4n) is 4.74. The Morgan fingerprint density at radius 2 is 1.43 bits per heavy atom. The number of carbonyl (C=O) groups excluding carboxylic acids is 1. The molecule has 6 nitrogen and oxygen atoms in total. The second-order valence-electron chi connectivity index (χ2n) is 9.91. The van der Waals surface area contributed by atoms with Gasteiger partial charge in [-0.25, -0.2) is 8.42 Å². The van der Waals surface area contributed by atoms with Crippen LogP contribution in [-0.4, -0.2) is 66.7 Å². The molecule has 1 fully saturated rings. The molecule has 1 aliphatic rings. The van der Waals surface area contributed by atoms with E-state index in [1.807, 2.05) is 36.4 Å². The Kier molecular flexibility index (Phi) is 9.64. The van der Waals surface area contributed by atoms with Crippen molar-refractivity contribution in [3.63, 3.8) is 0 Å². The van der Waals surface area contributed by atoms with Gasteiger partial charge in [0.2, 0.25) is 10.0 Å². The molecule has 0 N–H and O–H groups in total. The molecule has 0 saturated carbocycles. The summed E-state index contributed by atoms with van der Waals surface area (Å²) in [7, 11) is -3.65. The normalized spacial score (nSPS) is 15.0. The van der Waals surface area contributed by atoms with E-state index in [0.29, 0.717) is 35.8 Å². The van der Waals surface area contributed by atoms with E-state index in [-0.39, 0.29) is 36.3 Å². The number of sulfonamides is 1. The van der Waals surface area contributed by atoms with Gasteiger partial charge in [-0.3, -0.25) is 9.69 Å². The van der Waals surface area contributed by atoms with Gasteiger partial charge in [0, 0.05) is 55.4 Å². The molecule has 3 aromatic rings. The van der Waals surface area contributed by atoms with Crippen LogP contribution in [0.15, 0.2) is 65.6 Å². The zero-order valence-corrected chi connectivity index (χ0v) is 24.1. The van der Waals surface area contributed by atoms with Crippen LogP contribution in [0.2, 0.25) is 5.02 Å². The van der Waals surface area contributed by atoms with E-state index >= 15 is 0 Å². The number of amides is 1. The topological polar surface area (TPSA) is 60.9 Å². The summed E-state index contributed by atoms with van der Waals surface area (Å²) in [4.78, 5) is 17.5. The lowest BCUT2D eigenvalue weighted by molar-refractivity contribution is 0.0698. The monoisotopic (exact) mass is 563 g/mol. The number of nitrogens with zero attached hydrogens (tertiary/aromatic N) is 3. The first kappa shape index (κ1) is 29.4. The highest BCUT2D eigenvalue weighted by Gasteiger charge is 2.30. The highest BCUT2D eigenvalue weighted by Crippen LogP contribution is 2.25. The molecule has 3 aromatic carbocycles. The summed E-state index contributed by atoms with van der Waals surface area (Å²) < 4.78 is 28.0. The molecule has 1 amide bonds. The molecule has 1 aliphatic heterocycles. The van der Waals surface area contributed by atoms with Gasteiger partial charge in [0.1, 0.15) is 0 Å². The molecule has 9 heteroatoms. The summed E-state index contributed by atoms with van der Waals surface area (Å²) >= 11 is 6.04. The zero-order valence-electron chi connectivity index (χ0n) is 21.7. The van der Waals surface area contributed by atoms with Gasteiger partial charge in [-0.1, -0.05) is 35.9 Å². The molecule has 200 valence electrons. The number of benzene rings is 3. The molecule has 0 aliphatic carbocycles. The van der Waals surface area contributed by atoms with Crippen molar-refractivity contribution in [3.05, 3.63) is 76.8 Å². The van der Waals surface area contributed by atoms with Crippen molar-refractivity contribution in [2.75, 3.05) is 26.2 Å². The predicted octanol–water partition coefficient (Wildman–Crippen LogP) is 5.68. The number of fused-ring (bicyclic) bond motifs is 1. The standard InChI is InChI=1S/C28H34ClN3O3S.ClH/c1-20(2)32(21(3)4)19-22-5-7-23(8-6-22)28(33)30-13-15-31(16-14-30)36(34,35)27-12-10-24-17-26(29)11-9-25(24)18-27;/h5-12,17-18,20-21H,13-16,19H2,1-4H3;1H. The van der Waals surface area contributed by atoms with E-state index in [9.17, 15) is 13.2 Å². The number of hydrogen-bond acceptors (Lipinski definition) is 4. The molecule has 0 atom stereocenters. The second kappa shape index (κ2) is 12.1. The Hall–Kier alpha value is -2.16. The Labute approximate surface area is 231 Å². The number of hydrogen-bond donors (Lipinski definition) is 0. The SMILES string of the molecule is CC(C)N(Cc1ccc(C(=O)N2CCN(S(=O)(=O)c3ccc4cc(Cl)ccc4c3)CC2)cc1)C(C)C.Cl. The first-order valence-electron chi connectivity index (χ1n) is 12.4. The Morgan fingerprint density at radius 3 is 2.03 bits per heavy atom. The van der Waals surface area contributed by atoms with E-state index in [1.165, 1.54) is 9.87 Å². The van der Waals surface area contributed by atoms with Crippen LogP contribution in [0.3, 0.4) is 0 Å². The van der Waals surface area contributed by atoms with Crippen LogP contribution in [0.4, 0.5) is 0 Å². The summed E-state index contributed by atoms with van der Waals surface area (Å²) in [5, 5.41) is 2.33.